The Balaban J connectivity index is 2.14. The molecule has 0 aliphatic carbocycles. The summed E-state index contributed by atoms with van der Waals surface area (Å²) < 4.78 is 6.01. The van der Waals surface area contributed by atoms with Crippen LogP contribution in [-0.4, -0.2) is 45.5 Å². The van der Waals surface area contributed by atoms with E-state index in [1.807, 2.05) is 30.3 Å². The van der Waals surface area contributed by atoms with Crippen LogP contribution in [0.5, 0.6) is 0 Å². The van der Waals surface area contributed by atoms with E-state index in [9.17, 15) is 9.90 Å². The lowest BCUT2D eigenvalue weighted by molar-refractivity contribution is 0.108. The van der Waals surface area contributed by atoms with Gasteiger partial charge in [-0.1, -0.05) is 47.3 Å². The van der Waals surface area contributed by atoms with Gasteiger partial charge in [-0.25, -0.2) is 4.79 Å². The minimum absolute atomic E-state index is 0.0399. The average molecular weight is 311 g/mol. The van der Waals surface area contributed by atoms with Gasteiger partial charge in [-0.2, -0.15) is 0 Å². The Morgan fingerprint density at radius 3 is 2.52 bits per heavy atom. The van der Waals surface area contributed by atoms with Crippen molar-refractivity contribution in [1.29, 1.82) is 0 Å². The van der Waals surface area contributed by atoms with Crippen LogP contribution < -0.4 is 5.76 Å². The van der Waals surface area contributed by atoms with E-state index in [4.69, 9.17) is 17.4 Å². The van der Waals surface area contributed by atoms with Crippen molar-refractivity contribution in [3.63, 3.8) is 0 Å². The summed E-state index contributed by atoms with van der Waals surface area (Å²) in [5.41, 5.74) is 0.731. The molecule has 0 aliphatic rings. The summed E-state index contributed by atoms with van der Waals surface area (Å²) in [4.78, 5) is 13.6. The van der Waals surface area contributed by atoms with Gasteiger partial charge in [-0.15, -0.1) is 12.8 Å². The summed E-state index contributed by atoms with van der Waals surface area (Å²) in [5, 5.41) is 14.0. The number of aliphatic hydroxyl groups is 1. The summed E-state index contributed by atoms with van der Waals surface area (Å²) in [6, 6.07) is 9.14. The minimum Gasteiger partial charge on any atom is -0.390 e. The summed E-state index contributed by atoms with van der Waals surface area (Å²) >= 11 is 0. The van der Waals surface area contributed by atoms with Crippen LogP contribution in [0.15, 0.2) is 39.6 Å². The largest absolute Gasteiger partial charge is 0.441 e. The van der Waals surface area contributed by atoms with Gasteiger partial charge in [0.15, 0.2) is 5.82 Å². The first-order chi connectivity index (χ1) is 11.2. The third-order valence-electron chi connectivity index (χ3n) is 3.21. The van der Waals surface area contributed by atoms with Crippen molar-refractivity contribution in [3.05, 3.63) is 40.9 Å². The van der Waals surface area contributed by atoms with E-state index in [1.165, 1.54) is 4.57 Å². The fourth-order valence-electron chi connectivity index (χ4n) is 2.23. The van der Waals surface area contributed by atoms with Crippen LogP contribution in [0.3, 0.4) is 0 Å². The van der Waals surface area contributed by atoms with Crippen LogP contribution in [0.4, 0.5) is 0 Å². The van der Waals surface area contributed by atoms with Crippen LogP contribution in [-0.2, 0) is 6.54 Å². The topological polar surface area (TPSA) is 71.5 Å². The molecule has 118 valence electrons. The zero-order valence-electron chi connectivity index (χ0n) is 12.6. The Kier molecular flexibility index (Phi) is 5.76. The standard InChI is InChI=1S/C17H17N3O3/c1-3-10-19(11-4-2)12-15(21)13-20-16(18-23-17(20)22)14-8-6-5-7-9-14/h1-2,5-9,15,21H,10-13H2. The summed E-state index contributed by atoms with van der Waals surface area (Å²) in [7, 11) is 0. The normalized spacial score (nSPS) is 11.8. The second-order valence-electron chi connectivity index (χ2n) is 4.98. The van der Waals surface area contributed by atoms with Crippen molar-refractivity contribution < 1.29 is 9.63 Å². The monoisotopic (exact) mass is 311 g/mol. The van der Waals surface area contributed by atoms with Gasteiger partial charge < -0.3 is 5.11 Å². The molecule has 0 spiro atoms. The lowest BCUT2D eigenvalue weighted by Crippen LogP contribution is -2.37. The number of terminal acetylenes is 2. The summed E-state index contributed by atoms with van der Waals surface area (Å²) in [5.74, 6) is 4.72. The highest BCUT2D eigenvalue weighted by atomic mass is 16.5. The number of aliphatic hydroxyl groups excluding tert-OH is 1. The van der Waals surface area contributed by atoms with Crippen molar-refractivity contribution in [3.8, 4) is 36.1 Å². The van der Waals surface area contributed by atoms with Crippen molar-refractivity contribution >= 4 is 0 Å². The van der Waals surface area contributed by atoms with Crippen LogP contribution in [0, 0.1) is 24.7 Å². The van der Waals surface area contributed by atoms with Crippen LogP contribution in [0.25, 0.3) is 11.4 Å². The molecule has 0 bridgehead atoms. The van der Waals surface area contributed by atoms with Crippen molar-refractivity contribution in [2.75, 3.05) is 19.6 Å². The van der Waals surface area contributed by atoms with Gasteiger partial charge in [0.05, 0.1) is 25.7 Å². The molecule has 1 heterocycles. The molecule has 2 aromatic rings. The third kappa shape index (κ3) is 4.33. The van der Waals surface area contributed by atoms with E-state index >= 15 is 0 Å². The number of nitrogens with zero attached hydrogens (tertiary/aromatic N) is 3. The SMILES string of the molecule is C#CCN(CC#C)CC(O)Cn1c(-c2ccccc2)noc1=O. The predicted octanol–water partition coefficient (Wildman–Crippen LogP) is 0.433. The first kappa shape index (κ1) is 16.6. The van der Waals surface area contributed by atoms with E-state index in [0.29, 0.717) is 18.9 Å². The second-order valence-corrected chi connectivity index (χ2v) is 4.98. The van der Waals surface area contributed by atoms with Gasteiger partial charge in [-0.3, -0.25) is 14.0 Å². The average Bonchev–Trinajstić information content (AvgIpc) is 2.90. The highest BCUT2D eigenvalue weighted by molar-refractivity contribution is 5.54. The molecule has 1 aromatic carbocycles. The Bertz CT molecular complexity index is 749. The maximum absolute atomic E-state index is 11.8. The van der Waals surface area contributed by atoms with E-state index in [-0.39, 0.29) is 13.1 Å². The Hall–Kier alpha value is -2.80. The van der Waals surface area contributed by atoms with E-state index in [1.54, 1.807) is 4.90 Å². The Labute approximate surface area is 134 Å². The first-order valence-corrected chi connectivity index (χ1v) is 7.05. The fraction of sp³-hybridized carbons (Fsp3) is 0.294. The van der Waals surface area contributed by atoms with E-state index in [2.05, 4.69) is 17.0 Å². The van der Waals surface area contributed by atoms with Gasteiger partial charge in [-0.05, 0) is 0 Å². The molecule has 2 rings (SSSR count). The molecule has 0 aliphatic heterocycles. The molecule has 1 atom stereocenters. The molecule has 0 saturated carbocycles. The van der Waals surface area contributed by atoms with Crippen LogP contribution >= 0.6 is 0 Å². The maximum atomic E-state index is 11.8. The first-order valence-electron chi connectivity index (χ1n) is 7.05. The third-order valence-corrected chi connectivity index (χ3v) is 3.21. The number of hydrogen-bond donors (Lipinski definition) is 1. The summed E-state index contributed by atoms with van der Waals surface area (Å²) in [6.45, 7) is 0.940. The molecule has 6 nitrogen and oxygen atoms in total. The van der Waals surface area contributed by atoms with Crippen LogP contribution in [0.1, 0.15) is 0 Å². The molecule has 1 N–H and O–H groups in total. The molecule has 0 saturated heterocycles. The molecule has 0 fully saturated rings. The number of aromatic nitrogens is 2. The predicted molar refractivity (Wildman–Crippen MR) is 86.3 cm³/mol. The van der Waals surface area contributed by atoms with Gasteiger partial charge in [0.2, 0.25) is 0 Å². The lowest BCUT2D eigenvalue weighted by atomic mass is 10.2. The van der Waals surface area contributed by atoms with Gasteiger partial charge in [0.1, 0.15) is 0 Å². The van der Waals surface area contributed by atoms with Gasteiger partial charge in [0, 0.05) is 12.1 Å². The fourth-order valence-corrected chi connectivity index (χ4v) is 2.23. The maximum Gasteiger partial charge on any atom is 0.441 e. The molecule has 6 heteroatoms. The van der Waals surface area contributed by atoms with Gasteiger partial charge >= 0.3 is 5.76 Å². The quantitative estimate of drug-likeness (QED) is 0.751. The molecule has 0 radical (unpaired) electrons. The number of rotatable bonds is 7. The molecule has 1 aromatic heterocycles. The highest BCUT2D eigenvalue weighted by Crippen LogP contribution is 2.15. The Morgan fingerprint density at radius 1 is 1.26 bits per heavy atom. The summed E-state index contributed by atoms with van der Waals surface area (Å²) in [6.07, 6.45) is 9.71. The molecular formula is C17H17N3O3. The number of benzene rings is 1. The Morgan fingerprint density at radius 2 is 1.91 bits per heavy atom. The van der Waals surface area contributed by atoms with Crippen molar-refractivity contribution in [2.24, 2.45) is 0 Å². The molecule has 1 unspecified atom stereocenters. The highest BCUT2D eigenvalue weighted by Gasteiger charge is 2.17. The molecule has 0 amide bonds. The zero-order chi connectivity index (χ0) is 16.7. The smallest absolute Gasteiger partial charge is 0.390 e. The van der Waals surface area contributed by atoms with E-state index in [0.717, 1.165) is 5.56 Å². The number of hydrogen-bond acceptors (Lipinski definition) is 5. The minimum atomic E-state index is -0.837. The molecular weight excluding hydrogens is 294 g/mol. The zero-order valence-corrected chi connectivity index (χ0v) is 12.6. The van der Waals surface area contributed by atoms with Gasteiger partial charge in [0.25, 0.3) is 0 Å². The lowest BCUT2D eigenvalue weighted by Gasteiger charge is -2.20. The second kappa shape index (κ2) is 8.00. The van der Waals surface area contributed by atoms with Crippen molar-refractivity contribution in [2.45, 2.75) is 12.6 Å². The molecule has 23 heavy (non-hydrogen) atoms. The van der Waals surface area contributed by atoms with Crippen molar-refractivity contribution in [1.82, 2.24) is 14.6 Å². The van der Waals surface area contributed by atoms with E-state index < -0.39 is 11.9 Å². The van der Waals surface area contributed by atoms with Crippen LogP contribution in [0.2, 0.25) is 0 Å².